The summed E-state index contributed by atoms with van der Waals surface area (Å²) in [7, 11) is 0. The molecule has 0 radical (unpaired) electrons. The fourth-order valence-electron chi connectivity index (χ4n) is 6.87. The highest BCUT2D eigenvalue weighted by Gasteiger charge is 2.18. The lowest BCUT2D eigenvalue weighted by Gasteiger charge is -2.11. The Bertz CT molecular complexity index is 2870. The van der Waals surface area contributed by atoms with Gasteiger partial charge in [0, 0.05) is 39.0 Å². The third-order valence-corrected chi connectivity index (χ3v) is 9.11. The highest BCUT2D eigenvalue weighted by molar-refractivity contribution is 6.20. The van der Waals surface area contributed by atoms with Gasteiger partial charge in [-0.1, -0.05) is 109 Å². The standard InChI is InChI=1S/C42H24N4O/c1-2-10-28-22-29(19-16-25(28)8-1)40-44-41(46-42(45-40)33-13-7-15-37-39(33)32-12-5-6-14-36(32)47-37)30-23-34-35(43-24-30)21-20-27-18-17-26-9-3-4-11-31(26)38(27)34/h1-24H. The number of fused-ring (bicyclic) bond motifs is 9. The Balaban J connectivity index is 1.26. The van der Waals surface area contributed by atoms with Crippen molar-refractivity contribution in [3.63, 3.8) is 0 Å². The first-order valence-electron chi connectivity index (χ1n) is 15.6. The molecule has 0 aliphatic carbocycles. The van der Waals surface area contributed by atoms with E-state index < -0.39 is 0 Å². The lowest BCUT2D eigenvalue weighted by Crippen LogP contribution is -2.01. The molecule has 0 aliphatic rings. The van der Waals surface area contributed by atoms with Crippen molar-refractivity contribution in [2.45, 2.75) is 0 Å². The molecule has 3 aromatic heterocycles. The quantitative estimate of drug-likeness (QED) is 0.189. The predicted octanol–water partition coefficient (Wildman–Crippen LogP) is 10.8. The van der Waals surface area contributed by atoms with E-state index in [0.717, 1.165) is 54.9 Å². The third-order valence-electron chi connectivity index (χ3n) is 9.11. The van der Waals surface area contributed by atoms with Gasteiger partial charge in [0.25, 0.3) is 0 Å². The SMILES string of the molecule is c1ccc2cc(-c3nc(-c4cnc5ccc6ccc7ccccc7c6c5c4)nc(-c4cccc5oc6ccccc6c45)n3)ccc2c1. The lowest BCUT2D eigenvalue weighted by atomic mass is 9.97. The van der Waals surface area contributed by atoms with Crippen molar-refractivity contribution in [1.82, 2.24) is 19.9 Å². The minimum atomic E-state index is 0.564. The molecule has 5 heteroatoms. The average molecular weight is 601 g/mol. The maximum absolute atomic E-state index is 6.24. The summed E-state index contributed by atoms with van der Waals surface area (Å²) in [5, 5.41) is 10.1. The number of hydrogen-bond donors (Lipinski definition) is 0. The Morgan fingerprint density at radius 3 is 2.00 bits per heavy atom. The van der Waals surface area contributed by atoms with Crippen LogP contribution in [0.3, 0.4) is 0 Å². The largest absolute Gasteiger partial charge is 0.456 e. The maximum Gasteiger partial charge on any atom is 0.165 e. The monoisotopic (exact) mass is 600 g/mol. The van der Waals surface area contributed by atoms with Gasteiger partial charge in [-0.3, -0.25) is 4.98 Å². The predicted molar refractivity (Wildman–Crippen MR) is 191 cm³/mol. The summed E-state index contributed by atoms with van der Waals surface area (Å²) in [4.78, 5) is 20.3. The molecule has 0 spiro atoms. The molecular formula is C42H24N4O. The van der Waals surface area contributed by atoms with E-state index in [-0.39, 0.29) is 0 Å². The first-order valence-corrected chi connectivity index (χ1v) is 15.6. The summed E-state index contributed by atoms with van der Waals surface area (Å²) >= 11 is 0. The molecule has 47 heavy (non-hydrogen) atoms. The molecule has 218 valence electrons. The third kappa shape index (κ3) is 4.10. The molecule has 0 aliphatic heterocycles. The minimum absolute atomic E-state index is 0.564. The number of aromatic nitrogens is 4. The number of nitrogens with zero attached hydrogens (tertiary/aromatic N) is 4. The Morgan fingerprint density at radius 2 is 1.09 bits per heavy atom. The number of hydrogen-bond acceptors (Lipinski definition) is 5. The molecular weight excluding hydrogens is 576 g/mol. The number of rotatable bonds is 3. The van der Waals surface area contributed by atoms with Crippen molar-refractivity contribution < 1.29 is 4.42 Å². The van der Waals surface area contributed by atoms with E-state index in [1.165, 1.54) is 26.9 Å². The van der Waals surface area contributed by atoms with Crippen LogP contribution in [0.5, 0.6) is 0 Å². The Morgan fingerprint density at radius 1 is 0.404 bits per heavy atom. The lowest BCUT2D eigenvalue weighted by molar-refractivity contribution is 0.669. The van der Waals surface area contributed by atoms with Crippen molar-refractivity contribution in [1.29, 1.82) is 0 Å². The summed E-state index contributed by atoms with van der Waals surface area (Å²) in [6.07, 6.45) is 1.87. The van der Waals surface area contributed by atoms with Crippen LogP contribution in [0, 0.1) is 0 Å². The van der Waals surface area contributed by atoms with E-state index in [1.807, 2.05) is 36.5 Å². The summed E-state index contributed by atoms with van der Waals surface area (Å²) in [6, 6.07) is 48.1. The van der Waals surface area contributed by atoms with Crippen molar-refractivity contribution >= 4 is 65.2 Å². The van der Waals surface area contributed by atoms with Gasteiger partial charge in [0.1, 0.15) is 11.2 Å². The van der Waals surface area contributed by atoms with Gasteiger partial charge in [0.15, 0.2) is 17.5 Å². The normalized spacial score (nSPS) is 11.8. The van der Waals surface area contributed by atoms with Crippen LogP contribution in [0.25, 0.3) is 99.3 Å². The first-order chi connectivity index (χ1) is 23.3. The van der Waals surface area contributed by atoms with E-state index in [4.69, 9.17) is 24.4 Å². The van der Waals surface area contributed by atoms with E-state index in [0.29, 0.717) is 17.5 Å². The fraction of sp³-hybridized carbons (Fsp3) is 0. The van der Waals surface area contributed by atoms with Crippen molar-refractivity contribution in [3.8, 4) is 34.2 Å². The zero-order valence-electron chi connectivity index (χ0n) is 25.1. The second-order valence-corrected chi connectivity index (χ2v) is 11.9. The average Bonchev–Trinajstić information content (AvgIpc) is 3.53. The van der Waals surface area contributed by atoms with Crippen molar-refractivity contribution in [3.05, 3.63) is 146 Å². The minimum Gasteiger partial charge on any atom is -0.456 e. The number of para-hydroxylation sites is 1. The Kier molecular flexibility index (Phi) is 5.51. The number of benzene rings is 7. The van der Waals surface area contributed by atoms with Gasteiger partial charge in [-0.2, -0.15) is 0 Å². The van der Waals surface area contributed by atoms with Gasteiger partial charge in [-0.05, 0) is 62.6 Å². The molecule has 0 amide bonds. The number of furan rings is 1. The first kappa shape index (κ1) is 25.8. The fourth-order valence-corrected chi connectivity index (χ4v) is 6.87. The van der Waals surface area contributed by atoms with Crippen LogP contribution in [-0.4, -0.2) is 19.9 Å². The summed E-state index contributed by atoms with van der Waals surface area (Å²) in [5.41, 5.74) is 5.19. The second-order valence-electron chi connectivity index (χ2n) is 11.9. The van der Waals surface area contributed by atoms with Gasteiger partial charge in [0.05, 0.1) is 5.52 Å². The van der Waals surface area contributed by atoms with E-state index >= 15 is 0 Å². The van der Waals surface area contributed by atoms with Crippen LogP contribution in [0.2, 0.25) is 0 Å². The van der Waals surface area contributed by atoms with Gasteiger partial charge in [0.2, 0.25) is 0 Å². The molecule has 0 N–H and O–H groups in total. The van der Waals surface area contributed by atoms with Crippen LogP contribution in [0.4, 0.5) is 0 Å². The van der Waals surface area contributed by atoms with Gasteiger partial charge >= 0.3 is 0 Å². The van der Waals surface area contributed by atoms with Gasteiger partial charge in [-0.25, -0.2) is 15.0 Å². The summed E-state index contributed by atoms with van der Waals surface area (Å²) < 4.78 is 6.24. The van der Waals surface area contributed by atoms with E-state index in [9.17, 15) is 0 Å². The molecule has 7 aromatic carbocycles. The zero-order valence-corrected chi connectivity index (χ0v) is 25.1. The van der Waals surface area contributed by atoms with Crippen LogP contribution in [0.1, 0.15) is 0 Å². The van der Waals surface area contributed by atoms with Gasteiger partial charge < -0.3 is 4.42 Å². The van der Waals surface area contributed by atoms with Crippen molar-refractivity contribution in [2.24, 2.45) is 0 Å². The Hall–Kier alpha value is -6.46. The highest BCUT2D eigenvalue weighted by Crippen LogP contribution is 2.38. The Labute approximate surface area is 268 Å². The molecule has 0 saturated carbocycles. The van der Waals surface area contributed by atoms with Crippen LogP contribution in [0.15, 0.2) is 150 Å². The molecule has 10 aromatic rings. The molecule has 10 rings (SSSR count). The zero-order chi connectivity index (χ0) is 30.9. The molecule has 0 atom stereocenters. The van der Waals surface area contributed by atoms with E-state index in [2.05, 4.69) is 109 Å². The molecule has 0 saturated heterocycles. The molecule has 0 bridgehead atoms. The van der Waals surface area contributed by atoms with Crippen LogP contribution < -0.4 is 0 Å². The molecule has 3 heterocycles. The smallest absolute Gasteiger partial charge is 0.165 e. The maximum atomic E-state index is 6.24. The van der Waals surface area contributed by atoms with E-state index in [1.54, 1.807) is 0 Å². The van der Waals surface area contributed by atoms with Crippen LogP contribution in [-0.2, 0) is 0 Å². The summed E-state index contributed by atoms with van der Waals surface area (Å²) in [5.74, 6) is 1.75. The van der Waals surface area contributed by atoms with Crippen molar-refractivity contribution in [2.75, 3.05) is 0 Å². The number of pyridine rings is 1. The molecule has 0 unspecified atom stereocenters. The van der Waals surface area contributed by atoms with Crippen LogP contribution >= 0.6 is 0 Å². The molecule has 5 nitrogen and oxygen atoms in total. The molecule has 0 fully saturated rings. The van der Waals surface area contributed by atoms with Gasteiger partial charge in [-0.15, -0.1) is 0 Å². The topological polar surface area (TPSA) is 64.7 Å². The highest BCUT2D eigenvalue weighted by atomic mass is 16.3. The second kappa shape index (κ2) is 10.0. The summed E-state index contributed by atoms with van der Waals surface area (Å²) in [6.45, 7) is 0.